The predicted molar refractivity (Wildman–Crippen MR) is 83.0 cm³/mol. The zero-order chi connectivity index (χ0) is 15.9. The summed E-state index contributed by atoms with van der Waals surface area (Å²) < 4.78 is 0. The van der Waals surface area contributed by atoms with Crippen LogP contribution in [0.4, 0.5) is 5.69 Å². The SMILES string of the molecule is O=C(NCCCc1ccncc1)c1cc([N+](=O)[O-])ccc1Cl. The topological polar surface area (TPSA) is 85.1 Å². The van der Waals surface area contributed by atoms with Crippen LogP contribution in [-0.2, 0) is 6.42 Å². The number of nitro benzene ring substituents is 1. The Balaban J connectivity index is 1.89. The molecule has 1 N–H and O–H groups in total. The maximum atomic E-state index is 12.0. The summed E-state index contributed by atoms with van der Waals surface area (Å²) in [5.41, 5.74) is 1.09. The third kappa shape index (κ3) is 4.26. The fourth-order valence-electron chi connectivity index (χ4n) is 1.94. The second kappa shape index (κ2) is 7.51. The number of pyridine rings is 1. The number of aromatic nitrogens is 1. The van der Waals surface area contributed by atoms with E-state index in [2.05, 4.69) is 10.3 Å². The van der Waals surface area contributed by atoms with Gasteiger partial charge in [-0.2, -0.15) is 0 Å². The summed E-state index contributed by atoms with van der Waals surface area (Å²) in [5.74, 6) is -0.413. The number of carbonyl (C=O) groups excluding carboxylic acids is 1. The third-order valence-electron chi connectivity index (χ3n) is 3.08. The number of carbonyl (C=O) groups is 1. The first-order valence-electron chi connectivity index (χ1n) is 6.69. The molecule has 0 saturated carbocycles. The van der Waals surface area contributed by atoms with E-state index in [1.807, 2.05) is 12.1 Å². The Morgan fingerprint density at radius 2 is 2.00 bits per heavy atom. The molecule has 1 amide bonds. The van der Waals surface area contributed by atoms with Crippen LogP contribution < -0.4 is 5.32 Å². The Kier molecular flexibility index (Phi) is 5.43. The molecule has 0 aliphatic rings. The summed E-state index contributed by atoms with van der Waals surface area (Å²) in [6.07, 6.45) is 5.00. The van der Waals surface area contributed by atoms with E-state index >= 15 is 0 Å². The Hall–Kier alpha value is -2.47. The largest absolute Gasteiger partial charge is 0.352 e. The highest BCUT2D eigenvalue weighted by Crippen LogP contribution is 2.21. The Bertz CT molecular complexity index is 677. The van der Waals surface area contributed by atoms with E-state index < -0.39 is 10.8 Å². The monoisotopic (exact) mass is 319 g/mol. The Morgan fingerprint density at radius 1 is 1.27 bits per heavy atom. The van der Waals surface area contributed by atoms with Crippen molar-refractivity contribution in [1.82, 2.24) is 10.3 Å². The molecule has 0 aliphatic carbocycles. The van der Waals surface area contributed by atoms with Gasteiger partial charge in [-0.1, -0.05) is 11.6 Å². The van der Waals surface area contributed by atoms with Gasteiger partial charge in [-0.25, -0.2) is 0 Å². The van der Waals surface area contributed by atoms with Gasteiger partial charge in [0.05, 0.1) is 15.5 Å². The number of rotatable bonds is 6. The van der Waals surface area contributed by atoms with Crippen LogP contribution in [0.15, 0.2) is 42.7 Å². The highest BCUT2D eigenvalue weighted by atomic mass is 35.5. The molecule has 0 unspecified atom stereocenters. The molecule has 2 aromatic rings. The summed E-state index contributed by atoms with van der Waals surface area (Å²) >= 11 is 5.91. The van der Waals surface area contributed by atoms with Crippen molar-refractivity contribution < 1.29 is 9.72 Å². The number of halogens is 1. The van der Waals surface area contributed by atoms with Crippen LogP contribution in [0.1, 0.15) is 22.3 Å². The molecular formula is C15H14ClN3O3. The summed E-state index contributed by atoms with van der Waals surface area (Å²) in [6.45, 7) is 0.459. The number of hydrogen-bond acceptors (Lipinski definition) is 4. The lowest BCUT2D eigenvalue weighted by Crippen LogP contribution is -2.25. The molecule has 0 spiro atoms. The maximum absolute atomic E-state index is 12.0. The molecule has 0 fully saturated rings. The third-order valence-corrected chi connectivity index (χ3v) is 3.41. The van der Waals surface area contributed by atoms with Crippen molar-refractivity contribution in [2.45, 2.75) is 12.8 Å². The van der Waals surface area contributed by atoms with Gasteiger partial charge in [0.1, 0.15) is 0 Å². The minimum Gasteiger partial charge on any atom is -0.352 e. The minimum absolute atomic E-state index is 0.111. The average Bonchev–Trinajstić information content (AvgIpc) is 2.52. The van der Waals surface area contributed by atoms with E-state index in [-0.39, 0.29) is 16.3 Å². The number of nitrogens with zero attached hydrogens (tertiary/aromatic N) is 2. The predicted octanol–water partition coefficient (Wildman–Crippen LogP) is 3.01. The lowest BCUT2D eigenvalue weighted by atomic mass is 10.1. The first-order valence-corrected chi connectivity index (χ1v) is 7.07. The molecule has 2 rings (SSSR count). The van der Waals surface area contributed by atoms with Crippen molar-refractivity contribution in [3.05, 3.63) is 69.0 Å². The molecule has 0 atom stereocenters. The van der Waals surface area contributed by atoms with Crippen LogP contribution in [0, 0.1) is 10.1 Å². The van der Waals surface area contributed by atoms with Crippen molar-refractivity contribution in [3.63, 3.8) is 0 Å². The van der Waals surface area contributed by atoms with Gasteiger partial charge >= 0.3 is 0 Å². The van der Waals surface area contributed by atoms with E-state index in [1.165, 1.54) is 18.2 Å². The number of amides is 1. The van der Waals surface area contributed by atoms with Gasteiger partial charge < -0.3 is 5.32 Å². The van der Waals surface area contributed by atoms with Gasteiger partial charge in [0.2, 0.25) is 0 Å². The van der Waals surface area contributed by atoms with Gasteiger partial charge in [-0.05, 0) is 36.6 Å². The second-order valence-electron chi connectivity index (χ2n) is 4.64. The van der Waals surface area contributed by atoms with Crippen molar-refractivity contribution >= 4 is 23.2 Å². The van der Waals surface area contributed by atoms with E-state index in [9.17, 15) is 14.9 Å². The van der Waals surface area contributed by atoms with Gasteiger partial charge in [-0.3, -0.25) is 19.9 Å². The molecule has 7 heteroatoms. The van der Waals surface area contributed by atoms with E-state index in [4.69, 9.17) is 11.6 Å². The number of nitro groups is 1. The van der Waals surface area contributed by atoms with E-state index in [0.717, 1.165) is 18.4 Å². The number of non-ortho nitro benzene ring substituents is 1. The van der Waals surface area contributed by atoms with Crippen molar-refractivity contribution in [1.29, 1.82) is 0 Å². The van der Waals surface area contributed by atoms with Crippen LogP contribution in [0.3, 0.4) is 0 Å². The van der Waals surface area contributed by atoms with Crippen molar-refractivity contribution in [2.24, 2.45) is 0 Å². The van der Waals surface area contributed by atoms with Gasteiger partial charge in [0.15, 0.2) is 0 Å². The molecule has 1 aromatic carbocycles. The van der Waals surface area contributed by atoms with Crippen LogP contribution in [0.2, 0.25) is 5.02 Å². The maximum Gasteiger partial charge on any atom is 0.270 e. The van der Waals surface area contributed by atoms with Crippen LogP contribution >= 0.6 is 11.6 Å². The molecule has 0 aliphatic heterocycles. The van der Waals surface area contributed by atoms with Gasteiger partial charge in [0, 0.05) is 31.1 Å². The average molecular weight is 320 g/mol. The fraction of sp³-hybridized carbons (Fsp3) is 0.200. The number of aryl methyl sites for hydroxylation is 1. The van der Waals surface area contributed by atoms with Gasteiger partial charge in [0.25, 0.3) is 11.6 Å². The fourth-order valence-corrected chi connectivity index (χ4v) is 2.14. The lowest BCUT2D eigenvalue weighted by Gasteiger charge is -2.07. The van der Waals surface area contributed by atoms with Crippen LogP contribution in [-0.4, -0.2) is 22.4 Å². The van der Waals surface area contributed by atoms with Crippen LogP contribution in [0.5, 0.6) is 0 Å². The normalized spacial score (nSPS) is 10.2. The van der Waals surface area contributed by atoms with Crippen molar-refractivity contribution in [3.8, 4) is 0 Å². The molecule has 0 saturated heterocycles. The first kappa shape index (κ1) is 15.9. The minimum atomic E-state index is -0.559. The molecular weight excluding hydrogens is 306 g/mol. The molecule has 0 radical (unpaired) electrons. The van der Waals surface area contributed by atoms with Gasteiger partial charge in [-0.15, -0.1) is 0 Å². The second-order valence-corrected chi connectivity index (χ2v) is 5.04. The smallest absolute Gasteiger partial charge is 0.270 e. The molecule has 1 heterocycles. The number of benzene rings is 1. The summed E-state index contributed by atoms with van der Waals surface area (Å²) in [4.78, 5) is 26.1. The number of nitrogens with one attached hydrogen (secondary N) is 1. The highest BCUT2D eigenvalue weighted by Gasteiger charge is 2.15. The van der Waals surface area contributed by atoms with Crippen molar-refractivity contribution in [2.75, 3.05) is 6.54 Å². The summed E-state index contributed by atoms with van der Waals surface area (Å²) in [7, 11) is 0. The highest BCUT2D eigenvalue weighted by molar-refractivity contribution is 6.33. The standard InChI is InChI=1S/C15H14ClN3O3/c16-14-4-3-12(19(21)22)10-13(14)15(20)18-7-1-2-11-5-8-17-9-6-11/h3-6,8-10H,1-2,7H2,(H,18,20). The van der Waals surface area contributed by atoms with E-state index in [0.29, 0.717) is 6.54 Å². The lowest BCUT2D eigenvalue weighted by molar-refractivity contribution is -0.384. The van der Waals surface area contributed by atoms with Crippen LogP contribution in [0.25, 0.3) is 0 Å². The Morgan fingerprint density at radius 3 is 2.68 bits per heavy atom. The number of hydrogen-bond donors (Lipinski definition) is 1. The molecule has 114 valence electrons. The zero-order valence-corrected chi connectivity index (χ0v) is 12.4. The molecule has 22 heavy (non-hydrogen) atoms. The van der Waals surface area contributed by atoms with E-state index in [1.54, 1.807) is 12.4 Å². The molecule has 6 nitrogen and oxygen atoms in total. The molecule has 1 aromatic heterocycles. The summed E-state index contributed by atoms with van der Waals surface area (Å²) in [6, 6.07) is 7.63. The zero-order valence-electron chi connectivity index (χ0n) is 11.7. The molecule has 0 bridgehead atoms. The first-order chi connectivity index (χ1) is 10.6. The summed E-state index contributed by atoms with van der Waals surface area (Å²) in [5, 5.41) is 13.6. The Labute approximate surface area is 132 Å². The quantitative estimate of drug-likeness (QED) is 0.504.